The highest BCUT2D eigenvalue weighted by Gasteiger charge is 1.97. The largest absolute Gasteiger partial charge is 0.497 e. The molecule has 0 aromatic heterocycles. The van der Waals surface area contributed by atoms with Crippen molar-refractivity contribution < 1.29 is 4.74 Å². The predicted molar refractivity (Wildman–Crippen MR) is 58.9 cm³/mol. The van der Waals surface area contributed by atoms with E-state index in [1.54, 1.807) is 7.11 Å². The van der Waals surface area contributed by atoms with Crippen LogP contribution in [0.3, 0.4) is 0 Å². The van der Waals surface area contributed by atoms with Crippen LogP contribution in [0.5, 0.6) is 5.75 Å². The molecule has 3 heteroatoms. The highest BCUT2D eigenvalue weighted by molar-refractivity contribution is 5.97. The monoisotopic (exact) mass is 192 g/mol. The third-order valence-corrected chi connectivity index (χ3v) is 1.89. The number of nitrogens with two attached hydrogens (primary N) is 1. The summed E-state index contributed by atoms with van der Waals surface area (Å²) in [6.07, 6.45) is 1.01. The van der Waals surface area contributed by atoms with Crippen LogP contribution < -0.4 is 10.5 Å². The number of methoxy groups -OCH3 is 1. The van der Waals surface area contributed by atoms with Crippen LogP contribution in [-0.2, 0) is 0 Å². The lowest BCUT2D eigenvalue weighted by Gasteiger charge is -2.02. The summed E-state index contributed by atoms with van der Waals surface area (Å²) in [7, 11) is 1.64. The lowest BCUT2D eigenvalue weighted by Crippen LogP contribution is -2.13. The van der Waals surface area contributed by atoms with Crippen molar-refractivity contribution >= 4 is 5.84 Å². The summed E-state index contributed by atoms with van der Waals surface area (Å²) in [5, 5.41) is 0. The van der Waals surface area contributed by atoms with E-state index >= 15 is 0 Å². The molecule has 14 heavy (non-hydrogen) atoms. The Labute approximate surface area is 84.6 Å². The Morgan fingerprint density at radius 2 is 2.00 bits per heavy atom. The molecule has 0 aliphatic heterocycles. The quantitative estimate of drug-likeness (QED) is 0.584. The van der Waals surface area contributed by atoms with E-state index in [2.05, 4.69) is 11.9 Å². The summed E-state index contributed by atoms with van der Waals surface area (Å²) < 4.78 is 5.05. The van der Waals surface area contributed by atoms with E-state index in [4.69, 9.17) is 10.5 Å². The molecule has 2 N–H and O–H groups in total. The number of rotatable bonds is 4. The van der Waals surface area contributed by atoms with E-state index in [9.17, 15) is 0 Å². The van der Waals surface area contributed by atoms with Crippen LogP contribution in [0.25, 0.3) is 0 Å². The van der Waals surface area contributed by atoms with Crippen molar-refractivity contribution in [1.82, 2.24) is 0 Å². The summed E-state index contributed by atoms with van der Waals surface area (Å²) in [6, 6.07) is 7.58. The van der Waals surface area contributed by atoms with Crippen molar-refractivity contribution in [3.63, 3.8) is 0 Å². The smallest absolute Gasteiger partial charge is 0.125 e. The normalized spacial score (nSPS) is 11.4. The first-order chi connectivity index (χ1) is 6.77. The maximum atomic E-state index is 5.78. The minimum Gasteiger partial charge on any atom is -0.497 e. The summed E-state index contributed by atoms with van der Waals surface area (Å²) in [5.74, 6) is 1.42. The maximum Gasteiger partial charge on any atom is 0.125 e. The van der Waals surface area contributed by atoms with Crippen LogP contribution in [0.2, 0.25) is 0 Å². The van der Waals surface area contributed by atoms with E-state index in [-0.39, 0.29) is 0 Å². The fourth-order valence-electron chi connectivity index (χ4n) is 1.09. The Morgan fingerprint density at radius 1 is 1.36 bits per heavy atom. The number of hydrogen-bond acceptors (Lipinski definition) is 2. The van der Waals surface area contributed by atoms with Crippen molar-refractivity contribution in [2.75, 3.05) is 13.7 Å². The van der Waals surface area contributed by atoms with Crippen molar-refractivity contribution in [2.45, 2.75) is 13.3 Å². The molecule has 0 aliphatic carbocycles. The number of amidine groups is 1. The summed E-state index contributed by atoms with van der Waals surface area (Å²) >= 11 is 0. The zero-order chi connectivity index (χ0) is 10.4. The molecule has 0 fully saturated rings. The van der Waals surface area contributed by atoms with Crippen LogP contribution in [0.1, 0.15) is 18.9 Å². The van der Waals surface area contributed by atoms with Gasteiger partial charge in [-0.2, -0.15) is 0 Å². The molecule has 0 unspecified atom stereocenters. The topological polar surface area (TPSA) is 47.6 Å². The van der Waals surface area contributed by atoms with Crippen molar-refractivity contribution in [3.8, 4) is 5.75 Å². The van der Waals surface area contributed by atoms with E-state index < -0.39 is 0 Å². The Hall–Kier alpha value is -1.51. The summed E-state index contributed by atoms with van der Waals surface area (Å²) in [5.41, 5.74) is 6.73. The molecule has 0 radical (unpaired) electrons. The molecular weight excluding hydrogens is 176 g/mol. The Balaban J connectivity index is 2.76. The van der Waals surface area contributed by atoms with Gasteiger partial charge < -0.3 is 10.5 Å². The Kier molecular flexibility index (Phi) is 3.98. The molecule has 0 amide bonds. The first-order valence-electron chi connectivity index (χ1n) is 4.72. The van der Waals surface area contributed by atoms with E-state index in [0.29, 0.717) is 5.84 Å². The van der Waals surface area contributed by atoms with Gasteiger partial charge in [-0.25, -0.2) is 0 Å². The van der Waals surface area contributed by atoms with Crippen LogP contribution in [0.4, 0.5) is 0 Å². The van der Waals surface area contributed by atoms with Gasteiger partial charge in [-0.05, 0) is 30.7 Å². The number of aliphatic imine (C=N–C) groups is 1. The van der Waals surface area contributed by atoms with Crippen LogP contribution in [0.15, 0.2) is 29.3 Å². The van der Waals surface area contributed by atoms with Gasteiger partial charge in [0.2, 0.25) is 0 Å². The molecule has 0 heterocycles. The van der Waals surface area contributed by atoms with E-state index in [1.165, 1.54) is 0 Å². The summed E-state index contributed by atoms with van der Waals surface area (Å²) in [6.45, 7) is 2.85. The fraction of sp³-hybridized carbons (Fsp3) is 0.364. The zero-order valence-electron chi connectivity index (χ0n) is 8.66. The van der Waals surface area contributed by atoms with Gasteiger partial charge in [-0.1, -0.05) is 6.92 Å². The molecule has 0 spiro atoms. The SMILES string of the molecule is CCCN=C(N)c1ccc(OC)cc1. The van der Waals surface area contributed by atoms with Crippen molar-refractivity contribution in [3.05, 3.63) is 29.8 Å². The number of benzene rings is 1. The lowest BCUT2D eigenvalue weighted by molar-refractivity contribution is 0.415. The van der Waals surface area contributed by atoms with Gasteiger partial charge in [-0.15, -0.1) is 0 Å². The van der Waals surface area contributed by atoms with Gasteiger partial charge in [0, 0.05) is 12.1 Å². The number of nitrogens with zero attached hydrogens (tertiary/aromatic N) is 1. The third kappa shape index (κ3) is 2.76. The molecule has 0 aliphatic rings. The molecular formula is C11H16N2O. The average molecular weight is 192 g/mol. The molecule has 3 nitrogen and oxygen atoms in total. The molecule has 0 saturated heterocycles. The molecule has 1 aromatic rings. The molecule has 0 bridgehead atoms. The first kappa shape index (κ1) is 10.6. The number of ether oxygens (including phenoxy) is 1. The maximum absolute atomic E-state index is 5.78. The van der Waals surface area contributed by atoms with Gasteiger partial charge in [0.05, 0.1) is 7.11 Å². The number of hydrogen-bond donors (Lipinski definition) is 1. The van der Waals surface area contributed by atoms with Gasteiger partial charge in [0.1, 0.15) is 11.6 Å². The Bertz CT molecular complexity index is 304. The van der Waals surface area contributed by atoms with Gasteiger partial charge in [0.25, 0.3) is 0 Å². The highest BCUT2D eigenvalue weighted by atomic mass is 16.5. The van der Waals surface area contributed by atoms with Gasteiger partial charge >= 0.3 is 0 Å². The molecule has 76 valence electrons. The van der Waals surface area contributed by atoms with E-state index in [0.717, 1.165) is 24.3 Å². The van der Waals surface area contributed by atoms with Crippen LogP contribution >= 0.6 is 0 Å². The highest BCUT2D eigenvalue weighted by Crippen LogP contribution is 2.10. The predicted octanol–water partition coefficient (Wildman–Crippen LogP) is 1.81. The Morgan fingerprint density at radius 3 is 2.50 bits per heavy atom. The zero-order valence-corrected chi connectivity index (χ0v) is 8.66. The molecule has 0 atom stereocenters. The molecule has 1 rings (SSSR count). The lowest BCUT2D eigenvalue weighted by atomic mass is 10.2. The summed E-state index contributed by atoms with van der Waals surface area (Å²) in [4.78, 5) is 4.22. The van der Waals surface area contributed by atoms with Crippen molar-refractivity contribution in [2.24, 2.45) is 10.7 Å². The minimum absolute atomic E-state index is 0.592. The van der Waals surface area contributed by atoms with Gasteiger partial charge in [0.15, 0.2) is 0 Å². The van der Waals surface area contributed by atoms with Crippen LogP contribution in [-0.4, -0.2) is 19.5 Å². The molecule has 1 aromatic carbocycles. The first-order valence-corrected chi connectivity index (χ1v) is 4.72. The second kappa shape index (κ2) is 5.27. The molecule has 0 saturated carbocycles. The minimum atomic E-state index is 0.592. The van der Waals surface area contributed by atoms with Crippen molar-refractivity contribution in [1.29, 1.82) is 0 Å². The van der Waals surface area contributed by atoms with E-state index in [1.807, 2.05) is 24.3 Å². The standard InChI is InChI=1S/C11H16N2O/c1-3-8-13-11(12)9-4-6-10(14-2)7-5-9/h4-7H,3,8H2,1-2H3,(H2,12,13). The van der Waals surface area contributed by atoms with Crippen LogP contribution in [0, 0.1) is 0 Å². The van der Waals surface area contributed by atoms with Gasteiger partial charge in [-0.3, -0.25) is 4.99 Å². The third-order valence-electron chi connectivity index (χ3n) is 1.89. The average Bonchev–Trinajstić information content (AvgIpc) is 2.26. The fourth-order valence-corrected chi connectivity index (χ4v) is 1.09. The second-order valence-electron chi connectivity index (χ2n) is 3.00. The second-order valence-corrected chi connectivity index (χ2v) is 3.00.